The van der Waals surface area contributed by atoms with Gasteiger partial charge in [-0.3, -0.25) is 19.7 Å². The summed E-state index contributed by atoms with van der Waals surface area (Å²) in [5.74, 6) is 0.941. The lowest BCUT2D eigenvalue weighted by Gasteiger charge is -2.13. The van der Waals surface area contributed by atoms with Crippen LogP contribution >= 0.6 is 11.8 Å². The van der Waals surface area contributed by atoms with E-state index < -0.39 is 10.8 Å². The molecule has 0 atom stereocenters. The first-order valence-corrected chi connectivity index (χ1v) is 7.58. The Morgan fingerprint density at radius 2 is 2.14 bits per heavy atom. The maximum absolute atomic E-state index is 11.9. The third kappa shape index (κ3) is 5.02. The van der Waals surface area contributed by atoms with E-state index in [9.17, 15) is 14.9 Å². The molecule has 7 heteroatoms. The second kappa shape index (κ2) is 7.99. The summed E-state index contributed by atoms with van der Waals surface area (Å²) < 4.78 is 0. The van der Waals surface area contributed by atoms with Crippen LogP contribution in [0.5, 0.6) is 0 Å². The molecule has 0 radical (unpaired) electrons. The molecule has 0 fully saturated rings. The number of nitro benzene ring substituents is 1. The highest BCUT2D eigenvalue weighted by Crippen LogP contribution is 2.31. The largest absolute Gasteiger partial charge is 0.283 e. The summed E-state index contributed by atoms with van der Waals surface area (Å²) in [5, 5.41) is 12.2. The zero-order chi connectivity index (χ0) is 16.0. The van der Waals surface area contributed by atoms with Gasteiger partial charge >= 0.3 is 0 Å². The van der Waals surface area contributed by atoms with Gasteiger partial charge in [-0.25, -0.2) is 5.06 Å². The third-order valence-electron chi connectivity index (χ3n) is 2.92. The van der Waals surface area contributed by atoms with Crippen molar-refractivity contribution in [2.45, 2.75) is 25.2 Å². The molecule has 0 aliphatic rings. The summed E-state index contributed by atoms with van der Waals surface area (Å²) in [4.78, 5) is 28.0. The van der Waals surface area contributed by atoms with Gasteiger partial charge in [0.05, 0.1) is 16.9 Å². The normalized spacial score (nSPS) is 10.7. The number of nitrogens with zero attached hydrogens (tertiary/aromatic N) is 2. The van der Waals surface area contributed by atoms with Crippen molar-refractivity contribution in [2.24, 2.45) is 5.92 Å². The Morgan fingerprint density at radius 3 is 2.67 bits per heavy atom. The second-order valence-corrected chi connectivity index (χ2v) is 6.09. The van der Waals surface area contributed by atoms with E-state index in [0.29, 0.717) is 10.8 Å². The Labute approximate surface area is 128 Å². The Morgan fingerprint density at radius 1 is 1.48 bits per heavy atom. The molecule has 0 heterocycles. The fraction of sp³-hybridized carbons (Fsp3) is 0.500. The molecule has 1 amide bonds. The molecule has 0 saturated heterocycles. The minimum absolute atomic E-state index is 0.0425. The molecule has 0 saturated carbocycles. The smallest absolute Gasteiger partial charge is 0.274 e. The van der Waals surface area contributed by atoms with Gasteiger partial charge in [0.25, 0.3) is 11.6 Å². The molecule has 21 heavy (non-hydrogen) atoms. The highest BCUT2D eigenvalue weighted by atomic mass is 32.2. The van der Waals surface area contributed by atoms with E-state index in [-0.39, 0.29) is 11.3 Å². The van der Waals surface area contributed by atoms with Crippen molar-refractivity contribution in [3.63, 3.8) is 0 Å². The van der Waals surface area contributed by atoms with Gasteiger partial charge in [-0.15, -0.1) is 11.8 Å². The van der Waals surface area contributed by atoms with Crippen LogP contribution in [0.25, 0.3) is 0 Å². The zero-order valence-electron chi connectivity index (χ0n) is 12.7. The molecular weight excluding hydrogens is 292 g/mol. The number of amides is 1. The van der Waals surface area contributed by atoms with Crippen molar-refractivity contribution in [1.29, 1.82) is 0 Å². The Balaban J connectivity index is 2.97. The van der Waals surface area contributed by atoms with Crippen LogP contribution in [-0.2, 0) is 4.84 Å². The van der Waals surface area contributed by atoms with Crippen LogP contribution in [0.15, 0.2) is 23.1 Å². The molecule has 1 rings (SSSR count). The highest BCUT2D eigenvalue weighted by molar-refractivity contribution is 7.99. The predicted octanol–water partition coefficient (Wildman–Crippen LogP) is 3.37. The lowest BCUT2D eigenvalue weighted by atomic mass is 10.2. The Hall–Kier alpha value is -1.60. The predicted molar refractivity (Wildman–Crippen MR) is 82.4 cm³/mol. The quantitative estimate of drug-likeness (QED) is 0.438. The van der Waals surface area contributed by atoms with Gasteiger partial charge in [-0.2, -0.15) is 0 Å². The number of hydrogen-bond acceptors (Lipinski definition) is 5. The van der Waals surface area contributed by atoms with Crippen molar-refractivity contribution in [3.05, 3.63) is 33.9 Å². The van der Waals surface area contributed by atoms with E-state index >= 15 is 0 Å². The van der Waals surface area contributed by atoms with Gasteiger partial charge < -0.3 is 0 Å². The second-order valence-electron chi connectivity index (χ2n) is 4.96. The van der Waals surface area contributed by atoms with E-state index in [4.69, 9.17) is 4.84 Å². The third-order valence-corrected chi connectivity index (χ3v) is 4.01. The number of benzene rings is 1. The SMILES string of the molecule is CON(C)C(=O)c1ccc(SCCC(C)C)c([N+](=O)[O-])c1. The summed E-state index contributed by atoms with van der Waals surface area (Å²) in [5.41, 5.74) is 0.193. The van der Waals surface area contributed by atoms with Crippen molar-refractivity contribution >= 4 is 23.4 Å². The number of thioether (sulfide) groups is 1. The average molecular weight is 312 g/mol. The monoisotopic (exact) mass is 312 g/mol. The van der Waals surface area contributed by atoms with Crippen LogP contribution in [-0.4, -0.2) is 35.8 Å². The molecule has 6 nitrogen and oxygen atoms in total. The number of hydroxylamine groups is 2. The fourth-order valence-electron chi connectivity index (χ4n) is 1.58. The fourth-order valence-corrected chi connectivity index (χ4v) is 2.84. The van der Waals surface area contributed by atoms with Gasteiger partial charge in [0.15, 0.2) is 0 Å². The first kappa shape index (κ1) is 17.5. The number of nitro groups is 1. The molecule has 0 bridgehead atoms. The topological polar surface area (TPSA) is 72.7 Å². The minimum Gasteiger partial charge on any atom is -0.274 e. The molecule has 0 N–H and O–H groups in total. The molecule has 0 aliphatic carbocycles. The summed E-state index contributed by atoms with van der Waals surface area (Å²) in [7, 11) is 2.82. The number of carbonyl (C=O) groups excluding carboxylic acids is 1. The number of hydrogen-bond donors (Lipinski definition) is 0. The van der Waals surface area contributed by atoms with Crippen molar-refractivity contribution in [1.82, 2.24) is 5.06 Å². The number of carbonyl (C=O) groups is 1. The van der Waals surface area contributed by atoms with E-state index in [1.165, 1.54) is 32.0 Å². The Kier molecular flexibility index (Phi) is 6.64. The maximum Gasteiger partial charge on any atom is 0.283 e. The van der Waals surface area contributed by atoms with Crippen LogP contribution in [0.2, 0.25) is 0 Å². The lowest BCUT2D eigenvalue weighted by Crippen LogP contribution is -2.25. The first-order chi connectivity index (χ1) is 9.86. The van der Waals surface area contributed by atoms with Crippen LogP contribution in [0.4, 0.5) is 5.69 Å². The minimum atomic E-state index is -0.457. The van der Waals surface area contributed by atoms with Crippen LogP contribution in [0, 0.1) is 16.0 Å². The van der Waals surface area contributed by atoms with Gasteiger partial charge in [0, 0.05) is 18.7 Å². The molecule has 1 aromatic carbocycles. The summed E-state index contributed by atoms with van der Waals surface area (Å²) in [6, 6.07) is 4.51. The molecule has 0 aromatic heterocycles. The lowest BCUT2D eigenvalue weighted by molar-refractivity contribution is -0.387. The maximum atomic E-state index is 11.9. The van der Waals surface area contributed by atoms with Gasteiger partial charge in [-0.1, -0.05) is 13.8 Å². The standard InChI is InChI=1S/C14H20N2O4S/c1-10(2)7-8-21-13-6-5-11(9-12(13)16(18)19)14(17)15(3)20-4/h5-6,9-10H,7-8H2,1-4H3. The summed E-state index contributed by atoms with van der Waals surface area (Å²) >= 11 is 1.44. The van der Waals surface area contributed by atoms with E-state index in [1.54, 1.807) is 12.1 Å². The molecule has 0 aliphatic heterocycles. The zero-order valence-corrected chi connectivity index (χ0v) is 13.5. The first-order valence-electron chi connectivity index (χ1n) is 6.60. The van der Waals surface area contributed by atoms with E-state index in [1.807, 2.05) is 0 Å². The summed E-state index contributed by atoms with van der Waals surface area (Å²) in [6.45, 7) is 4.22. The van der Waals surface area contributed by atoms with E-state index in [2.05, 4.69) is 13.8 Å². The van der Waals surface area contributed by atoms with Crippen molar-refractivity contribution in [3.8, 4) is 0 Å². The molecule has 116 valence electrons. The highest BCUT2D eigenvalue weighted by Gasteiger charge is 2.19. The average Bonchev–Trinajstić information content (AvgIpc) is 2.45. The molecule has 1 aromatic rings. The molecular formula is C14H20N2O4S. The van der Waals surface area contributed by atoms with E-state index in [0.717, 1.165) is 17.2 Å². The Bertz CT molecular complexity index is 520. The summed E-state index contributed by atoms with van der Waals surface area (Å²) in [6.07, 6.45) is 0.981. The van der Waals surface area contributed by atoms with Crippen LogP contribution in [0.1, 0.15) is 30.6 Å². The molecule has 0 spiro atoms. The number of rotatable bonds is 7. The van der Waals surface area contributed by atoms with Crippen LogP contribution < -0.4 is 0 Å². The van der Waals surface area contributed by atoms with Crippen LogP contribution in [0.3, 0.4) is 0 Å². The van der Waals surface area contributed by atoms with Gasteiger partial charge in [0.2, 0.25) is 0 Å². The van der Waals surface area contributed by atoms with Crippen molar-refractivity contribution in [2.75, 3.05) is 19.9 Å². The van der Waals surface area contributed by atoms with Gasteiger partial charge in [0.1, 0.15) is 0 Å². The van der Waals surface area contributed by atoms with Crippen molar-refractivity contribution < 1.29 is 14.6 Å². The molecule has 0 unspecified atom stereocenters. The van der Waals surface area contributed by atoms with Gasteiger partial charge in [-0.05, 0) is 30.2 Å².